The summed E-state index contributed by atoms with van der Waals surface area (Å²) in [6.07, 6.45) is 2.44. The van der Waals surface area contributed by atoms with Crippen LogP contribution < -0.4 is 5.32 Å². The Balaban J connectivity index is 2.03. The Hall–Kier alpha value is -1.84. The molecule has 1 aromatic rings. The first-order chi connectivity index (χ1) is 8.16. The van der Waals surface area contributed by atoms with Gasteiger partial charge in [-0.05, 0) is 30.9 Å². The van der Waals surface area contributed by atoms with Crippen molar-refractivity contribution in [3.05, 3.63) is 29.8 Å². The SMILES string of the molecule is O=C(O)CCc1ccccc1NC(=O)C1CC1. The Morgan fingerprint density at radius 2 is 2.00 bits per heavy atom. The van der Waals surface area contributed by atoms with Gasteiger partial charge in [0.2, 0.25) is 5.91 Å². The number of nitrogens with one attached hydrogen (secondary N) is 1. The number of anilines is 1. The van der Waals surface area contributed by atoms with E-state index in [-0.39, 0.29) is 18.2 Å². The quantitative estimate of drug-likeness (QED) is 0.818. The van der Waals surface area contributed by atoms with Gasteiger partial charge in [0.1, 0.15) is 0 Å². The smallest absolute Gasteiger partial charge is 0.303 e. The average Bonchev–Trinajstić information content (AvgIpc) is 3.11. The number of carboxylic acid groups (broad SMARTS) is 1. The van der Waals surface area contributed by atoms with Crippen molar-refractivity contribution in [2.45, 2.75) is 25.7 Å². The van der Waals surface area contributed by atoms with Gasteiger partial charge >= 0.3 is 5.97 Å². The molecule has 17 heavy (non-hydrogen) atoms. The van der Waals surface area contributed by atoms with E-state index in [1.54, 1.807) is 0 Å². The van der Waals surface area contributed by atoms with E-state index >= 15 is 0 Å². The lowest BCUT2D eigenvalue weighted by Gasteiger charge is -2.09. The van der Waals surface area contributed by atoms with Crippen molar-refractivity contribution in [3.8, 4) is 0 Å². The number of carboxylic acids is 1. The predicted octanol–water partition coefficient (Wildman–Crippen LogP) is 2.05. The second-order valence-corrected chi connectivity index (χ2v) is 4.31. The van der Waals surface area contributed by atoms with E-state index in [4.69, 9.17) is 5.11 Å². The Labute approximate surface area is 99.6 Å². The van der Waals surface area contributed by atoms with Crippen molar-refractivity contribution in [2.75, 3.05) is 5.32 Å². The van der Waals surface area contributed by atoms with Crippen LogP contribution in [0.3, 0.4) is 0 Å². The molecule has 2 N–H and O–H groups in total. The third-order valence-corrected chi connectivity index (χ3v) is 2.83. The molecule has 0 spiro atoms. The van der Waals surface area contributed by atoms with E-state index in [0.717, 1.165) is 24.1 Å². The molecule has 0 bridgehead atoms. The van der Waals surface area contributed by atoms with Gasteiger partial charge in [0.15, 0.2) is 0 Å². The number of rotatable bonds is 5. The van der Waals surface area contributed by atoms with E-state index in [2.05, 4.69) is 5.32 Å². The molecule has 90 valence electrons. The molecule has 1 fully saturated rings. The molecule has 0 heterocycles. The van der Waals surface area contributed by atoms with Crippen LogP contribution >= 0.6 is 0 Å². The van der Waals surface area contributed by atoms with Gasteiger partial charge in [0.05, 0.1) is 0 Å². The molecule has 4 nitrogen and oxygen atoms in total. The van der Waals surface area contributed by atoms with Crippen LogP contribution in [0.1, 0.15) is 24.8 Å². The highest BCUT2D eigenvalue weighted by atomic mass is 16.4. The molecule has 0 atom stereocenters. The number of para-hydroxylation sites is 1. The molecular formula is C13H15NO3. The van der Waals surface area contributed by atoms with Gasteiger partial charge < -0.3 is 10.4 Å². The molecule has 2 rings (SSSR count). The van der Waals surface area contributed by atoms with Crippen molar-refractivity contribution in [3.63, 3.8) is 0 Å². The topological polar surface area (TPSA) is 66.4 Å². The lowest BCUT2D eigenvalue weighted by Crippen LogP contribution is -2.14. The Bertz CT molecular complexity index is 438. The number of aryl methyl sites for hydroxylation is 1. The molecule has 0 saturated heterocycles. The first-order valence-corrected chi connectivity index (χ1v) is 5.77. The minimum atomic E-state index is -0.826. The molecule has 1 saturated carbocycles. The summed E-state index contributed by atoms with van der Waals surface area (Å²) in [7, 11) is 0. The third-order valence-electron chi connectivity index (χ3n) is 2.83. The lowest BCUT2D eigenvalue weighted by atomic mass is 10.1. The second kappa shape index (κ2) is 4.99. The number of carbonyl (C=O) groups is 2. The summed E-state index contributed by atoms with van der Waals surface area (Å²) in [4.78, 5) is 22.2. The van der Waals surface area contributed by atoms with E-state index < -0.39 is 5.97 Å². The summed E-state index contributed by atoms with van der Waals surface area (Å²) < 4.78 is 0. The average molecular weight is 233 g/mol. The van der Waals surface area contributed by atoms with E-state index in [0.29, 0.717) is 6.42 Å². The molecule has 0 unspecified atom stereocenters. The molecular weight excluding hydrogens is 218 g/mol. The maximum absolute atomic E-state index is 11.6. The molecule has 1 aliphatic carbocycles. The fourth-order valence-corrected chi connectivity index (χ4v) is 1.68. The third kappa shape index (κ3) is 3.31. The second-order valence-electron chi connectivity index (χ2n) is 4.31. The normalized spacial score (nSPS) is 14.4. The molecule has 1 aliphatic rings. The van der Waals surface area contributed by atoms with Gasteiger partial charge in [0.25, 0.3) is 0 Å². The number of amides is 1. The van der Waals surface area contributed by atoms with Gasteiger partial charge in [-0.3, -0.25) is 9.59 Å². The summed E-state index contributed by atoms with van der Waals surface area (Å²) >= 11 is 0. The van der Waals surface area contributed by atoms with Crippen LogP contribution in [-0.4, -0.2) is 17.0 Å². The standard InChI is InChI=1S/C13H15NO3/c15-12(16)8-7-9-3-1-2-4-11(9)14-13(17)10-5-6-10/h1-4,10H,5-8H2,(H,14,17)(H,15,16). The number of hydrogen-bond acceptors (Lipinski definition) is 2. The zero-order valence-corrected chi connectivity index (χ0v) is 9.48. The summed E-state index contributed by atoms with van der Waals surface area (Å²) in [6.45, 7) is 0. The van der Waals surface area contributed by atoms with E-state index in [9.17, 15) is 9.59 Å². The summed E-state index contributed by atoms with van der Waals surface area (Å²) in [5.41, 5.74) is 1.62. The zero-order valence-electron chi connectivity index (χ0n) is 9.48. The van der Waals surface area contributed by atoms with Crippen LogP contribution in [0.15, 0.2) is 24.3 Å². The van der Waals surface area contributed by atoms with Gasteiger partial charge in [-0.2, -0.15) is 0 Å². The van der Waals surface area contributed by atoms with Crippen molar-refractivity contribution >= 4 is 17.6 Å². The molecule has 1 amide bonds. The Morgan fingerprint density at radius 1 is 1.29 bits per heavy atom. The van der Waals surface area contributed by atoms with Gasteiger partial charge in [-0.1, -0.05) is 18.2 Å². The minimum absolute atomic E-state index is 0.0489. The molecule has 0 aliphatic heterocycles. The van der Waals surface area contributed by atoms with E-state index in [1.165, 1.54) is 0 Å². The number of aliphatic carboxylic acids is 1. The minimum Gasteiger partial charge on any atom is -0.481 e. The lowest BCUT2D eigenvalue weighted by molar-refractivity contribution is -0.136. The largest absolute Gasteiger partial charge is 0.481 e. The zero-order chi connectivity index (χ0) is 12.3. The molecule has 4 heteroatoms. The van der Waals surface area contributed by atoms with Gasteiger partial charge in [-0.15, -0.1) is 0 Å². The predicted molar refractivity (Wildman–Crippen MR) is 63.8 cm³/mol. The van der Waals surface area contributed by atoms with Crippen molar-refractivity contribution in [1.82, 2.24) is 0 Å². The Morgan fingerprint density at radius 3 is 2.65 bits per heavy atom. The van der Waals surface area contributed by atoms with Crippen LogP contribution in [0.2, 0.25) is 0 Å². The van der Waals surface area contributed by atoms with Gasteiger partial charge in [-0.25, -0.2) is 0 Å². The summed E-state index contributed by atoms with van der Waals surface area (Å²) in [5.74, 6) is -0.622. The highest BCUT2D eigenvalue weighted by molar-refractivity contribution is 5.94. The number of carbonyl (C=O) groups excluding carboxylic acids is 1. The molecule has 1 aromatic carbocycles. The van der Waals surface area contributed by atoms with Crippen LogP contribution in [0.25, 0.3) is 0 Å². The molecule has 0 aromatic heterocycles. The molecule has 0 radical (unpaired) electrons. The highest BCUT2D eigenvalue weighted by Crippen LogP contribution is 2.30. The van der Waals surface area contributed by atoms with Gasteiger partial charge in [0, 0.05) is 18.0 Å². The van der Waals surface area contributed by atoms with Crippen LogP contribution in [0.4, 0.5) is 5.69 Å². The first-order valence-electron chi connectivity index (χ1n) is 5.77. The monoisotopic (exact) mass is 233 g/mol. The highest BCUT2D eigenvalue weighted by Gasteiger charge is 2.29. The fourth-order valence-electron chi connectivity index (χ4n) is 1.68. The maximum Gasteiger partial charge on any atom is 0.303 e. The summed E-state index contributed by atoms with van der Waals surface area (Å²) in [5, 5.41) is 11.5. The Kier molecular flexibility index (Phi) is 3.42. The van der Waals surface area contributed by atoms with Crippen molar-refractivity contribution in [1.29, 1.82) is 0 Å². The van der Waals surface area contributed by atoms with Crippen molar-refractivity contribution in [2.24, 2.45) is 5.92 Å². The first kappa shape index (κ1) is 11.6. The number of benzene rings is 1. The number of hydrogen-bond donors (Lipinski definition) is 2. The fraction of sp³-hybridized carbons (Fsp3) is 0.385. The van der Waals surface area contributed by atoms with Crippen LogP contribution in [0.5, 0.6) is 0 Å². The maximum atomic E-state index is 11.6. The van der Waals surface area contributed by atoms with E-state index in [1.807, 2.05) is 24.3 Å². The summed E-state index contributed by atoms with van der Waals surface area (Å²) in [6, 6.07) is 7.36. The van der Waals surface area contributed by atoms with Crippen molar-refractivity contribution < 1.29 is 14.7 Å². The van der Waals surface area contributed by atoms with Crippen LogP contribution in [0, 0.1) is 5.92 Å². The van der Waals surface area contributed by atoms with Crippen LogP contribution in [-0.2, 0) is 16.0 Å².